The van der Waals surface area contributed by atoms with Gasteiger partial charge >= 0.3 is 0 Å². The SMILES string of the molecule is C=Nc1c(C(=C)N)c(F)cn1[C@@H]1C[C@H](Oc2cc(C(F)F)c(F)c3c2CNC[C@H]3C)[C@@H](O)[C@H]1O. The fourth-order valence-electron chi connectivity index (χ4n) is 4.91. The highest BCUT2D eigenvalue weighted by Gasteiger charge is 2.45. The molecule has 184 valence electrons. The van der Waals surface area contributed by atoms with E-state index in [0.717, 1.165) is 12.3 Å². The first kappa shape index (κ1) is 24.2. The molecule has 2 aliphatic rings. The first-order chi connectivity index (χ1) is 16.1. The van der Waals surface area contributed by atoms with E-state index in [1.165, 1.54) is 4.57 Å². The monoisotopic (exact) mass is 482 g/mol. The van der Waals surface area contributed by atoms with E-state index < -0.39 is 48.0 Å². The van der Waals surface area contributed by atoms with Crippen LogP contribution >= 0.6 is 0 Å². The Labute approximate surface area is 193 Å². The molecule has 1 fully saturated rings. The molecule has 1 aliphatic carbocycles. The van der Waals surface area contributed by atoms with Gasteiger partial charge in [-0.25, -0.2) is 22.6 Å². The Morgan fingerprint density at radius 2 is 2.03 bits per heavy atom. The van der Waals surface area contributed by atoms with Crippen molar-refractivity contribution in [3.63, 3.8) is 0 Å². The smallest absolute Gasteiger partial charge is 0.266 e. The van der Waals surface area contributed by atoms with Crippen molar-refractivity contribution >= 4 is 18.2 Å². The largest absolute Gasteiger partial charge is 0.487 e. The fourth-order valence-corrected chi connectivity index (χ4v) is 4.91. The van der Waals surface area contributed by atoms with Crippen molar-refractivity contribution in [1.82, 2.24) is 9.88 Å². The van der Waals surface area contributed by atoms with E-state index in [-0.39, 0.29) is 47.3 Å². The second-order valence-corrected chi connectivity index (χ2v) is 8.71. The predicted octanol–water partition coefficient (Wildman–Crippen LogP) is 3.29. The maximum Gasteiger partial charge on any atom is 0.266 e. The Morgan fingerprint density at radius 1 is 1.32 bits per heavy atom. The molecule has 0 unspecified atom stereocenters. The number of hydrogen-bond acceptors (Lipinski definition) is 6. The van der Waals surface area contributed by atoms with Crippen molar-refractivity contribution in [2.24, 2.45) is 10.7 Å². The molecule has 7 nitrogen and oxygen atoms in total. The van der Waals surface area contributed by atoms with Gasteiger partial charge in [0, 0.05) is 42.5 Å². The molecule has 0 saturated heterocycles. The summed E-state index contributed by atoms with van der Waals surface area (Å²) in [4.78, 5) is 3.80. The molecule has 0 amide bonds. The van der Waals surface area contributed by atoms with Crippen LogP contribution in [0.1, 0.15) is 54.0 Å². The third kappa shape index (κ3) is 3.87. The zero-order chi connectivity index (χ0) is 24.9. The van der Waals surface area contributed by atoms with Crippen LogP contribution in [0.3, 0.4) is 0 Å². The lowest BCUT2D eigenvalue weighted by Gasteiger charge is -2.29. The molecule has 11 heteroatoms. The number of nitrogens with zero attached hydrogens (tertiary/aromatic N) is 2. The standard InChI is InChI=1S/C23H26F4N4O3/c1-9-6-30-7-12-15(4-11(22(26)27)19(25)17(9)12)34-16-5-14(20(32)21(16)33)31-8-13(24)18(10(2)28)23(31)29-3/h4,8-9,14,16,20-22,30,32-33H,2-3,5-7,28H2,1H3/t9-,14-,16+,20+,21-/m1/s1. The first-order valence-corrected chi connectivity index (χ1v) is 10.7. The molecule has 0 bridgehead atoms. The van der Waals surface area contributed by atoms with Gasteiger partial charge < -0.3 is 30.6 Å². The minimum absolute atomic E-state index is 0.000527. The van der Waals surface area contributed by atoms with Gasteiger partial charge in [0.15, 0.2) is 5.82 Å². The van der Waals surface area contributed by atoms with Gasteiger partial charge in [-0.2, -0.15) is 0 Å². The summed E-state index contributed by atoms with van der Waals surface area (Å²) in [6.07, 6.45) is -5.91. The number of nitrogens with two attached hydrogens (primary N) is 1. The van der Waals surface area contributed by atoms with Crippen LogP contribution in [0, 0.1) is 11.6 Å². The van der Waals surface area contributed by atoms with Crippen LogP contribution in [-0.4, -0.2) is 46.4 Å². The van der Waals surface area contributed by atoms with E-state index in [0.29, 0.717) is 12.1 Å². The summed E-state index contributed by atoms with van der Waals surface area (Å²) in [5.74, 6) is -2.03. The summed E-state index contributed by atoms with van der Waals surface area (Å²) in [7, 11) is 0. The number of aliphatic imine (C=N–C) groups is 1. The van der Waals surface area contributed by atoms with Gasteiger partial charge in [0.05, 0.1) is 17.2 Å². The summed E-state index contributed by atoms with van der Waals surface area (Å²) < 4.78 is 63.6. The highest BCUT2D eigenvalue weighted by Crippen LogP contribution is 2.43. The fraction of sp³-hybridized carbons (Fsp3) is 0.435. The summed E-state index contributed by atoms with van der Waals surface area (Å²) in [6.45, 7) is 9.25. The van der Waals surface area contributed by atoms with Crippen LogP contribution in [0.4, 0.5) is 23.4 Å². The van der Waals surface area contributed by atoms with Gasteiger partial charge in [-0.3, -0.25) is 0 Å². The molecule has 4 rings (SSSR count). The van der Waals surface area contributed by atoms with Crippen LogP contribution in [0.25, 0.3) is 5.70 Å². The number of aromatic nitrogens is 1. The molecular formula is C23H26F4N4O3. The summed E-state index contributed by atoms with van der Waals surface area (Å²) in [5.41, 5.74) is 5.23. The maximum atomic E-state index is 14.8. The number of hydrogen-bond donors (Lipinski definition) is 4. The van der Waals surface area contributed by atoms with Crippen LogP contribution in [0.5, 0.6) is 5.75 Å². The lowest BCUT2D eigenvalue weighted by Crippen LogP contribution is -2.35. The van der Waals surface area contributed by atoms with Crippen molar-refractivity contribution < 1.29 is 32.5 Å². The molecule has 1 aliphatic heterocycles. The average Bonchev–Trinajstić information content (AvgIpc) is 3.26. The number of halogens is 4. The Bertz CT molecular complexity index is 1140. The number of alkyl halides is 2. The molecule has 0 spiro atoms. The Kier molecular flexibility index (Phi) is 6.45. The van der Waals surface area contributed by atoms with Gasteiger partial charge in [0.2, 0.25) is 0 Å². The number of rotatable bonds is 6. The van der Waals surface area contributed by atoms with Gasteiger partial charge in [0.25, 0.3) is 6.43 Å². The highest BCUT2D eigenvalue weighted by molar-refractivity contribution is 5.71. The lowest BCUT2D eigenvalue weighted by atomic mass is 9.89. The third-order valence-electron chi connectivity index (χ3n) is 6.54. The third-order valence-corrected chi connectivity index (χ3v) is 6.54. The van der Waals surface area contributed by atoms with E-state index in [1.54, 1.807) is 6.92 Å². The van der Waals surface area contributed by atoms with Gasteiger partial charge in [0.1, 0.15) is 35.7 Å². The second-order valence-electron chi connectivity index (χ2n) is 8.71. The van der Waals surface area contributed by atoms with Gasteiger partial charge in [-0.05, 0) is 18.7 Å². The molecule has 5 atom stereocenters. The maximum absolute atomic E-state index is 14.8. The van der Waals surface area contributed by atoms with Crippen LogP contribution in [-0.2, 0) is 6.54 Å². The van der Waals surface area contributed by atoms with E-state index in [1.807, 2.05) is 0 Å². The van der Waals surface area contributed by atoms with Crippen molar-refractivity contribution in [3.05, 3.63) is 52.7 Å². The second kappa shape index (κ2) is 9.05. The summed E-state index contributed by atoms with van der Waals surface area (Å²) >= 11 is 0. The number of fused-ring (bicyclic) bond motifs is 1. The average molecular weight is 482 g/mol. The molecule has 0 radical (unpaired) electrons. The first-order valence-electron chi connectivity index (χ1n) is 10.7. The number of ether oxygens (including phenoxy) is 1. The quantitative estimate of drug-likeness (QED) is 0.374. The van der Waals surface area contributed by atoms with Crippen molar-refractivity contribution in [1.29, 1.82) is 0 Å². The molecular weight excluding hydrogens is 456 g/mol. The van der Waals surface area contributed by atoms with E-state index in [4.69, 9.17) is 10.5 Å². The van der Waals surface area contributed by atoms with Crippen molar-refractivity contribution in [2.45, 2.75) is 56.6 Å². The van der Waals surface area contributed by atoms with Gasteiger partial charge in [-0.1, -0.05) is 13.5 Å². The normalized spacial score (nSPS) is 26.5. The summed E-state index contributed by atoms with van der Waals surface area (Å²) in [6, 6.07) is 0.0547. The molecule has 1 saturated carbocycles. The highest BCUT2D eigenvalue weighted by atomic mass is 19.3. The Hall–Kier alpha value is -2.89. The topological polar surface area (TPSA) is 105 Å². The van der Waals surface area contributed by atoms with Crippen LogP contribution < -0.4 is 15.8 Å². The number of aliphatic hydroxyl groups is 2. The zero-order valence-corrected chi connectivity index (χ0v) is 18.4. The lowest BCUT2D eigenvalue weighted by molar-refractivity contribution is -0.0169. The van der Waals surface area contributed by atoms with E-state index >= 15 is 0 Å². The minimum atomic E-state index is -3.06. The van der Waals surface area contributed by atoms with E-state index in [2.05, 4.69) is 23.6 Å². The van der Waals surface area contributed by atoms with Crippen molar-refractivity contribution in [2.75, 3.05) is 6.54 Å². The van der Waals surface area contributed by atoms with E-state index in [9.17, 15) is 27.8 Å². The predicted molar refractivity (Wildman–Crippen MR) is 118 cm³/mol. The summed E-state index contributed by atoms with van der Waals surface area (Å²) in [5, 5.41) is 24.5. The molecule has 1 aromatic carbocycles. The number of nitrogens with one attached hydrogen (secondary N) is 1. The van der Waals surface area contributed by atoms with Crippen molar-refractivity contribution in [3.8, 4) is 5.75 Å². The van der Waals surface area contributed by atoms with Crippen LogP contribution in [0.15, 0.2) is 23.8 Å². The molecule has 2 heterocycles. The zero-order valence-electron chi connectivity index (χ0n) is 18.4. The molecule has 2 aromatic rings. The molecule has 5 N–H and O–H groups in total. The van der Waals surface area contributed by atoms with Gasteiger partial charge in [-0.15, -0.1) is 0 Å². The molecule has 34 heavy (non-hydrogen) atoms. The number of aliphatic hydroxyl groups excluding tert-OH is 2. The molecule has 1 aromatic heterocycles. The number of benzene rings is 1. The minimum Gasteiger partial charge on any atom is -0.487 e. The Morgan fingerprint density at radius 3 is 2.65 bits per heavy atom. The Balaban J connectivity index is 1.70. The van der Waals surface area contributed by atoms with Crippen LogP contribution in [0.2, 0.25) is 0 Å².